The van der Waals surface area contributed by atoms with Gasteiger partial charge in [0, 0.05) is 5.56 Å². The van der Waals surface area contributed by atoms with Crippen molar-refractivity contribution in [1.29, 1.82) is 0 Å². The summed E-state index contributed by atoms with van der Waals surface area (Å²) in [6, 6.07) is 12.0. The molecule has 2 aromatic carbocycles. The van der Waals surface area contributed by atoms with E-state index in [9.17, 15) is 9.59 Å². The number of carbonyl (C=O) groups is 2. The molecule has 28 heavy (non-hydrogen) atoms. The maximum Gasteiger partial charge on any atom is 0.363 e. The maximum atomic E-state index is 12.2. The zero-order valence-corrected chi connectivity index (χ0v) is 15.3. The van der Waals surface area contributed by atoms with Crippen molar-refractivity contribution >= 4 is 23.9 Å². The van der Waals surface area contributed by atoms with Crippen LogP contribution in [0.3, 0.4) is 0 Å². The second-order valence-electron chi connectivity index (χ2n) is 5.73. The van der Waals surface area contributed by atoms with Crippen LogP contribution in [0.15, 0.2) is 53.2 Å². The lowest BCUT2D eigenvalue weighted by Gasteiger charge is -2.09. The molecule has 0 radical (unpaired) electrons. The standard InChI is InChI=1S/C20H18N2O6/c1-25-14-5-3-4-13(10-14)19-22-15(20(24)28-19)8-12-6-7-16(17(9-12)26-2)27-11-18(21)23/h3-10H,11H2,1-2H3,(H2,21,23)/b15-8+. The minimum absolute atomic E-state index is 0.144. The summed E-state index contributed by atoms with van der Waals surface area (Å²) in [5.41, 5.74) is 6.49. The summed E-state index contributed by atoms with van der Waals surface area (Å²) in [5, 5.41) is 0. The van der Waals surface area contributed by atoms with Crippen LogP contribution in [-0.4, -0.2) is 38.6 Å². The minimum Gasteiger partial charge on any atom is -0.497 e. The van der Waals surface area contributed by atoms with Gasteiger partial charge in [-0.3, -0.25) is 4.79 Å². The number of amides is 1. The van der Waals surface area contributed by atoms with Crippen molar-refractivity contribution in [3.8, 4) is 17.2 Å². The van der Waals surface area contributed by atoms with E-state index in [1.807, 2.05) is 0 Å². The molecule has 144 valence electrons. The van der Waals surface area contributed by atoms with E-state index in [1.54, 1.807) is 55.7 Å². The fraction of sp³-hybridized carbons (Fsp3) is 0.150. The first-order valence-electron chi connectivity index (χ1n) is 8.26. The Morgan fingerprint density at radius 2 is 1.96 bits per heavy atom. The van der Waals surface area contributed by atoms with Gasteiger partial charge in [-0.25, -0.2) is 9.79 Å². The van der Waals surface area contributed by atoms with E-state index in [1.165, 1.54) is 7.11 Å². The average molecular weight is 382 g/mol. The number of aliphatic imine (C=N–C) groups is 1. The summed E-state index contributed by atoms with van der Waals surface area (Å²) >= 11 is 0. The number of ether oxygens (including phenoxy) is 4. The third-order valence-electron chi connectivity index (χ3n) is 3.80. The summed E-state index contributed by atoms with van der Waals surface area (Å²) in [6.45, 7) is -0.267. The van der Waals surface area contributed by atoms with Gasteiger partial charge in [-0.1, -0.05) is 12.1 Å². The van der Waals surface area contributed by atoms with Crippen LogP contribution in [0.5, 0.6) is 17.2 Å². The number of nitrogens with two attached hydrogens (primary N) is 1. The van der Waals surface area contributed by atoms with Gasteiger partial charge in [0.2, 0.25) is 5.90 Å². The highest BCUT2D eigenvalue weighted by atomic mass is 16.6. The number of hydrogen-bond donors (Lipinski definition) is 1. The van der Waals surface area contributed by atoms with Crippen LogP contribution < -0.4 is 19.9 Å². The normalized spacial score (nSPS) is 14.4. The molecule has 0 spiro atoms. The average Bonchev–Trinajstić information content (AvgIpc) is 3.07. The minimum atomic E-state index is -0.596. The van der Waals surface area contributed by atoms with Crippen molar-refractivity contribution in [1.82, 2.24) is 0 Å². The Bertz CT molecular complexity index is 980. The highest BCUT2D eigenvalue weighted by molar-refractivity contribution is 6.13. The van der Waals surface area contributed by atoms with Crippen molar-refractivity contribution < 1.29 is 28.5 Å². The van der Waals surface area contributed by atoms with Crippen molar-refractivity contribution in [3.05, 3.63) is 59.3 Å². The molecule has 1 aliphatic heterocycles. The van der Waals surface area contributed by atoms with Gasteiger partial charge in [0.15, 0.2) is 23.8 Å². The first-order chi connectivity index (χ1) is 13.5. The number of nitrogens with zero attached hydrogens (tertiary/aromatic N) is 1. The topological polar surface area (TPSA) is 109 Å². The van der Waals surface area contributed by atoms with Crippen molar-refractivity contribution in [2.45, 2.75) is 0 Å². The number of carbonyl (C=O) groups excluding carboxylic acids is 2. The molecule has 0 fully saturated rings. The van der Waals surface area contributed by atoms with Crippen LogP contribution in [0.1, 0.15) is 11.1 Å². The number of rotatable bonds is 7. The predicted molar refractivity (Wildman–Crippen MR) is 101 cm³/mol. The van der Waals surface area contributed by atoms with Crippen molar-refractivity contribution in [2.24, 2.45) is 10.7 Å². The van der Waals surface area contributed by atoms with Gasteiger partial charge in [0.1, 0.15) is 5.75 Å². The zero-order valence-electron chi connectivity index (χ0n) is 15.3. The Labute approximate surface area is 161 Å². The van der Waals surface area contributed by atoms with E-state index in [4.69, 9.17) is 24.7 Å². The van der Waals surface area contributed by atoms with Gasteiger partial charge >= 0.3 is 5.97 Å². The number of primary amides is 1. The number of hydrogen-bond acceptors (Lipinski definition) is 7. The highest BCUT2D eigenvalue weighted by Gasteiger charge is 2.24. The molecular formula is C20H18N2O6. The van der Waals surface area contributed by atoms with Crippen LogP contribution in [0.25, 0.3) is 6.08 Å². The molecule has 0 bridgehead atoms. The number of methoxy groups -OCH3 is 2. The summed E-state index contributed by atoms with van der Waals surface area (Å²) in [4.78, 5) is 27.3. The van der Waals surface area contributed by atoms with Gasteiger partial charge in [0.05, 0.1) is 14.2 Å². The summed E-state index contributed by atoms with van der Waals surface area (Å²) in [7, 11) is 3.02. The second kappa shape index (κ2) is 8.26. The van der Waals surface area contributed by atoms with Crippen molar-refractivity contribution in [3.63, 3.8) is 0 Å². The largest absolute Gasteiger partial charge is 0.497 e. The van der Waals surface area contributed by atoms with E-state index in [-0.39, 0.29) is 18.2 Å². The number of benzene rings is 2. The molecule has 0 aromatic heterocycles. The van der Waals surface area contributed by atoms with Crippen molar-refractivity contribution in [2.75, 3.05) is 20.8 Å². The molecule has 8 nitrogen and oxygen atoms in total. The van der Waals surface area contributed by atoms with Crippen LogP contribution in [0, 0.1) is 0 Å². The van der Waals surface area contributed by atoms with Crippen LogP contribution in [0.4, 0.5) is 0 Å². The van der Waals surface area contributed by atoms with Crippen LogP contribution in [0.2, 0.25) is 0 Å². The van der Waals surface area contributed by atoms with E-state index in [2.05, 4.69) is 4.99 Å². The molecule has 8 heteroatoms. The Kier molecular flexibility index (Phi) is 5.59. The third-order valence-corrected chi connectivity index (χ3v) is 3.80. The number of esters is 1. The molecule has 2 N–H and O–H groups in total. The molecular weight excluding hydrogens is 364 g/mol. The summed E-state index contributed by atoms with van der Waals surface area (Å²) in [5.74, 6) is 0.415. The zero-order chi connectivity index (χ0) is 20.1. The van der Waals surface area contributed by atoms with Crippen LogP contribution >= 0.6 is 0 Å². The smallest absolute Gasteiger partial charge is 0.363 e. The Morgan fingerprint density at radius 1 is 1.14 bits per heavy atom. The van der Waals surface area contributed by atoms with E-state index in [0.29, 0.717) is 28.4 Å². The van der Waals surface area contributed by atoms with Crippen LogP contribution in [-0.2, 0) is 14.3 Å². The maximum absolute atomic E-state index is 12.2. The van der Waals surface area contributed by atoms with Gasteiger partial charge in [-0.2, -0.15) is 0 Å². The molecule has 0 saturated carbocycles. The Morgan fingerprint density at radius 3 is 2.68 bits per heavy atom. The van der Waals surface area contributed by atoms with E-state index < -0.39 is 11.9 Å². The predicted octanol–water partition coefficient (Wildman–Crippen LogP) is 1.91. The molecule has 0 unspecified atom stereocenters. The highest BCUT2D eigenvalue weighted by Crippen LogP contribution is 2.30. The van der Waals surface area contributed by atoms with Gasteiger partial charge in [-0.15, -0.1) is 0 Å². The fourth-order valence-corrected chi connectivity index (χ4v) is 2.49. The molecule has 3 rings (SSSR count). The SMILES string of the molecule is COc1cccc(C2=N/C(=C/c3ccc(OCC(N)=O)c(OC)c3)C(=O)O2)c1. The molecule has 1 amide bonds. The quantitative estimate of drug-likeness (QED) is 0.579. The van der Waals surface area contributed by atoms with Gasteiger partial charge < -0.3 is 24.7 Å². The molecule has 0 saturated heterocycles. The Balaban J connectivity index is 1.86. The lowest BCUT2D eigenvalue weighted by atomic mass is 10.1. The lowest BCUT2D eigenvalue weighted by Crippen LogP contribution is -2.20. The third kappa shape index (κ3) is 4.29. The molecule has 0 aliphatic carbocycles. The summed E-state index contributed by atoms with van der Waals surface area (Å²) < 4.78 is 21.0. The first-order valence-corrected chi connectivity index (χ1v) is 8.26. The molecule has 0 atom stereocenters. The van der Waals surface area contributed by atoms with E-state index >= 15 is 0 Å². The fourth-order valence-electron chi connectivity index (χ4n) is 2.49. The lowest BCUT2D eigenvalue weighted by molar-refractivity contribution is -0.130. The van der Waals surface area contributed by atoms with Gasteiger partial charge in [-0.05, 0) is 42.0 Å². The summed E-state index contributed by atoms with van der Waals surface area (Å²) in [6.07, 6.45) is 1.57. The van der Waals surface area contributed by atoms with E-state index in [0.717, 1.165) is 0 Å². The molecule has 2 aromatic rings. The monoisotopic (exact) mass is 382 g/mol. The number of cyclic esters (lactones) is 1. The molecule has 1 heterocycles. The Hall–Kier alpha value is -3.81. The molecule has 1 aliphatic rings. The second-order valence-corrected chi connectivity index (χ2v) is 5.73. The first kappa shape index (κ1) is 19.0. The van der Waals surface area contributed by atoms with Gasteiger partial charge in [0.25, 0.3) is 5.91 Å².